The molecule has 102 valence electrons. The summed E-state index contributed by atoms with van der Waals surface area (Å²) >= 11 is 0. The topological polar surface area (TPSA) is 104 Å². The van der Waals surface area contributed by atoms with Gasteiger partial charge in [0.1, 0.15) is 5.75 Å². The standard InChI is InChI=1S/C13H11N3O4/c1-19-13(18)10-6-15-7-11(16-10)20-9-4-2-3-8(5-9)12(14)17/h2-7H,1H3,(H2,14,17). The quantitative estimate of drug-likeness (QED) is 0.838. The number of carbonyl (C=O) groups excluding carboxylic acids is 2. The molecule has 7 heteroatoms. The van der Waals surface area contributed by atoms with E-state index in [1.165, 1.54) is 25.6 Å². The molecule has 0 aliphatic heterocycles. The van der Waals surface area contributed by atoms with Crippen molar-refractivity contribution in [3.05, 3.63) is 47.9 Å². The second-order valence-electron chi connectivity index (χ2n) is 3.73. The van der Waals surface area contributed by atoms with E-state index in [1.54, 1.807) is 18.2 Å². The van der Waals surface area contributed by atoms with Gasteiger partial charge in [-0.1, -0.05) is 6.07 Å². The Balaban J connectivity index is 2.24. The van der Waals surface area contributed by atoms with Crippen molar-refractivity contribution in [1.82, 2.24) is 9.97 Å². The number of methoxy groups -OCH3 is 1. The Bertz CT molecular complexity index is 658. The van der Waals surface area contributed by atoms with Gasteiger partial charge < -0.3 is 15.2 Å². The minimum atomic E-state index is -0.617. The number of ether oxygens (including phenoxy) is 2. The second-order valence-corrected chi connectivity index (χ2v) is 3.73. The number of amides is 1. The number of nitrogens with zero attached hydrogens (tertiary/aromatic N) is 2. The maximum Gasteiger partial charge on any atom is 0.358 e. The van der Waals surface area contributed by atoms with Crippen molar-refractivity contribution < 1.29 is 19.1 Å². The van der Waals surface area contributed by atoms with E-state index in [9.17, 15) is 9.59 Å². The first-order chi connectivity index (χ1) is 9.60. The maximum atomic E-state index is 11.3. The summed E-state index contributed by atoms with van der Waals surface area (Å²) in [6.07, 6.45) is 2.60. The molecule has 0 saturated carbocycles. The molecule has 1 aromatic heterocycles. The van der Waals surface area contributed by atoms with Crippen molar-refractivity contribution in [2.45, 2.75) is 0 Å². The van der Waals surface area contributed by atoms with Crippen LogP contribution in [0.4, 0.5) is 0 Å². The largest absolute Gasteiger partial charge is 0.464 e. The van der Waals surface area contributed by atoms with Crippen molar-refractivity contribution in [2.75, 3.05) is 7.11 Å². The van der Waals surface area contributed by atoms with E-state index in [-0.39, 0.29) is 11.6 Å². The molecule has 2 N–H and O–H groups in total. The van der Waals surface area contributed by atoms with Gasteiger partial charge >= 0.3 is 5.97 Å². The Morgan fingerprint density at radius 2 is 2.05 bits per heavy atom. The third-order valence-electron chi connectivity index (χ3n) is 2.35. The lowest BCUT2D eigenvalue weighted by Crippen LogP contribution is -2.10. The zero-order chi connectivity index (χ0) is 14.5. The van der Waals surface area contributed by atoms with Crippen molar-refractivity contribution in [3.63, 3.8) is 0 Å². The first-order valence-electron chi connectivity index (χ1n) is 5.58. The van der Waals surface area contributed by atoms with Gasteiger partial charge in [-0.25, -0.2) is 9.78 Å². The average Bonchev–Trinajstić information content (AvgIpc) is 2.47. The highest BCUT2D eigenvalue weighted by Crippen LogP contribution is 2.20. The lowest BCUT2D eigenvalue weighted by atomic mass is 10.2. The van der Waals surface area contributed by atoms with Gasteiger partial charge in [0, 0.05) is 5.56 Å². The smallest absolute Gasteiger partial charge is 0.358 e. The number of carbonyl (C=O) groups is 2. The van der Waals surface area contributed by atoms with Crippen molar-refractivity contribution in [3.8, 4) is 11.6 Å². The van der Waals surface area contributed by atoms with Crippen molar-refractivity contribution in [1.29, 1.82) is 0 Å². The van der Waals surface area contributed by atoms with Crippen LogP contribution in [0.5, 0.6) is 11.6 Å². The highest BCUT2D eigenvalue weighted by Gasteiger charge is 2.10. The van der Waals surface area contributed by atoms with Crippen LogP contribution in [-0.2, 0) is 4.74 Å². The van der Waals surface area contributed by atoms with Gasteiger partial charge in [0.15, 0.2) is 5.69 Å². The average molecular weight is 273 g/mol. The Labute approximate surface area is 114 Å². The molecule has 0 radical (unpaired) electrons. The molecule has 0 unspecified atom stereocenters. The molecular formula is C13H11N3O4. The van der Waals surface area contributed by atoms with Crippen LogP contribution in [0.1, 0.15) is 20.8 Å². The molecule has 1 heterocycles. The summed E-state index contributed by atoms with van der Waals surface area (Å²) in [5.41, 5.74) is 5.50. The van der Waals surface area contributed by atoms with E-state index >= 15 is 0 Å². The Morgan fingerprint density at radius 1 is 1.25 bits per heavy atom. The fourth-order valence-electron chi connectivity index (χ4n) is 1.43. The molecule has 1 amide bonds. The first kappa shape index (κ1) is 13.5. The van der Waals surface area contributed by atoms with E-state index in [0.29, 0.717) is 11.3 Å². The molecule has 0 bridgehead atoms. The number of benzene rings is 1. The van der Waals surface area contributed by atoms with Crippen LogP contribution in [0.25, 0.3) is 0 Å². The monoisotopic (exact) mass is 273 g/mol. The molecule has 0 atom stereocenters. The minimum absolute atomic E-state index is 0.0241. The highest BCUT2D eigenvalue weighted by atomic mass is 16.5. The molecule has 2 rings (SSSR count). The summed E-state index contributed by atoms with van der Waals surface area (Å²) in [6, 6.07) is 6.27. The number of aromatic nitrogens is 2. The molecule has 20 heavy (non-hydrogen) atoms. The zero-order valence-electron chi connectivity index (χ0n) is 10.6. The summed E-state index contributed by atoms with van der Waals surface area (Å²) in [7, 11) is 1.24. The highest BCUT2D eigenvalue weighted by molar-refractivity contribution is 5.93. The molecule has 2 aromatic rings. The molecule has 0 aliphatic rings. The van der Waals surface area contributed by atoms with Crippen molar-refractivity contribution >= 4 is 11.9 Å². The third-order valence-corrected chi connectivity index (χ3v) is 2.35. The summed E-state index contributed by atoms with van der Waals surface area (Å²) < 4.78 is 9.95. The predicted octanol–water partition coefficient (Wildman–Crippen LogP) is 1.15. The van der Waals surface area contributed by atoms with E-state index < -0.39 is 11.9 Å². The fourth-order valence-corrected chi connectivity index (χ4v) is 1.43. The van der Waals surface area contributed by atoms with E-state index in [4.69, 9.17) is 10.5 Å². The van der Waals surface area contributed by atoms with E-state index in [2.05, 4.69) is 14.7 Å². The number of hydrogen-bond acceptors (Lipinski definition) is 6. The lowest BCUT2D eigenvalue weighted by Gasteiger charge is -2.06. The maximum absolute atomic E-state index is 11.3. The summed E-state index contributed by atoms with van der Waals surface area (Å²) in [5, 5.41) is 0. The molecule has 0 fully saturated rings. The zero-order valence-corrected chi connectivity index (χ0v) is 10.6. The molecule has 1 aromatic carbocycles. The van der Waals surface area contributed by atoms with Crippen LogP contribution in [-0.4, -0.2) is 29.0 Å². The van der Waals surface area contributed by atoms with E-state index in [0.717, 1.165) is 0 Å². The first-order valence-corrected chi connectivity index (χ1v) is 5.58. The van der Waals surface area contributed by atoms with Crippen molar-refractivity contribution in [2.24, 2.45) is 5.73 Å². The molecule has 0 saturated heterocycles. The molecular weight excluding hydrogens is 262 g/mol. The van der Waals surface area contributed by atoms with Gasteiger partial charge in [0.05, 0.1) is 19.5 Å². The third kappa shape index (κ3) is 3.08. The summed E-state index contributed by atoms with van der Waals surface area (Å²) in [5.74, 6) is -0.717. The number of primary amides is 1. The normalized spacial score (nSPS) is 9.85. The van der Waals surface area contributed by atoms with E-state index in [1.807, 2.05) is 0 Å². The number of nitrogens with two attached hydrogens (primary N) is 1. The van der Waals surface area contributed by atoms with Gasteiger partial charge in [-0.2, -0.15) is 0 Å². The molecule has 0 aliphatic carbocycles. The number of esters is 1. The van der Waals surface area contributed by atoms with Crippen LogP contribution in [0.3, 0.4) is 0 Å². The summed E-state index contributed by atoms with van der Waals surface area (Å²) in [4.78, 5) is 30.2. The van der Waals surface area contributed by atoms with Gasteiger partial charge in [0.2, 0.25) is 11.8 Å². The minimum Gasteiger partial charge on any atom is -0.464 e. The van der Waals surface area contributed by atoms with Gasteiger partial charge in [-0.05, 0) is 18.2 Å². The summed E-state index contributed by atoms with van der Waals surface area (Å²) in [6.45, 7) is 0. The van der Waals surface area contributed by atoms with Crippen LogP contribution in [0.15, 0.2) is 36.7 Å². The van der Waals surface area contributed by atoms with Gasteiger partial charge in [-0.3, -0.25) is 9.78 Å². The SMILES string of the molecule is COC(=O)c1cncc(Oc2cccc(C(N)=O)c2)n1. The van der Waals surface area contributed by atoms with Crippen LogP contribution in [0, 0.1) is 0 Å². The predicted molar refractivity (Wildman–Crippen MR) is 68.4 cm³/mol. The Hall–Kier alpha value is -2.96. The van der Waals surface area contributed by atoms with Crippen LogP contribution < -0.4 is 10.5 Å². The Morgan fingerprint density at radius 3 is 2.75 bits per heavy atom. The van der Waals surface area contributed by atoms with Crippen LogP contribution in [0.2, 0.25) is 0 Å². The Kier molecular flexibility index (Phi) is 3.90. The van der Waals surface area contributed by atoms with Gasteiger partial charge in [-0.15, -0.1) is 0 Å². The molecule has 0 spiro atoms. The number of hydrogen-bond donors (Lipinski definition) is 1. The van der Waals surface area contributed by atoms with Gasteiger partial charge in [0.25, 0.3) is 0 Å². The fraction of sp³-hybridized carbons (Fsp3) is 0.0769. The van der Waals surface area contributed by atoms with Crippen LogP contribution >= 0.6 is 0 Å². The number of rotatable bonds is 4. The second kappa shape index (κ2) is 5.79. The molecule has 7 nitrogen and oxygen atoms in total. The lowest BCUT2D eigenvalue weighted by molar-refractivity contribution is 0.0592.